The highest BCUT2D eigenvalue weighted by atomic mass is 16.5. The maximum Gasteiger partial charge on any atom is 0.0593 e. The van der Waals surface area contributed by atoms with Gasteiger partial charge in [0.25, 0.3) is 0 Å². The van der Waals surface area contributed by atoms with Gasteiger partial charge in [0.1, 0.15) is 0 Å². The fourth-order valence-corrected chi connectivity index (χ4v) is 2.77. The second-order valence-corrected chi connectivity index (χ2v) is 4.32. The number of azide groups is 1. The van der Waals surface area contributed by atoms with Crippen molar-refractivity contribution >= 4 is 0 Å². The van der Waals surface area contributed by atoms with Crippen LogP contribution in [0.1, 0.15) is 19.3 Å². The summed E-state index contributed by atoms with van der Waals surface area (Å²) in [5, 5.41) is 3.61. The summed E-state index contributed by atoms with van der Waals surface area (Å²) >= 11 is 0. The van der Waals surface area contributed by atoms with Crippen molar-refractivity contribution in [2.45, 2.75) is 25.3 Å². The fraction of sp³-hybridized carbons (Fsp3) is 1.00. The van der Waals surface area contributed by atoms with E-state index < -0.39 is 0 Å². The number of hydrogen-bond donors (Lipinski definition) is 0. The summed E-state index contributed by atoms with van der Waals surface area (Å²) in [6.45, 7) is 4.20. The van der Waals surface area contributed by atoms with Crippen molar-refractivity contribution in [3.05, 3.63) is 10.4 Å². The van der Waals surface area contributed by atoms with Crippen LogP contribution in [0.25, 0.3) is 10.4 Å². The Morgan fingerprint density at radius 2 is 2.40 bits per heavy atom. The number of ether oxygens (including phenoxy) is 1. The first kappa shape index (κ1) is 10.7. The highest BCUT2D eigenvalue weighted by Crippen LogP contribution is 2.31. The topological polar surface area (TPSA) is 61.2 Å². The van der Waals surface area contributed by atoms with E-state index in [1.807, 2.05) is 0 Å². The molecule has 0 aromatic rings. The fourth-order valence-electron chi connectivity index (χ4n) is 2.77. The SMILES string of the molecule is [N-]=[N+]=NCCN1CCOC[C@H]2CCC[C@@H]21. The molecule has 2 rings (SSSR count). The molecule has 1 saturated carbocycles. The molecule has 0 N–H and O–H groups in total. The van der Waals surface area contributed by atoms with Crippen molar-refractivity contribution in [1.82, 2.24) is 4.90 Å². The molecule has 0 bridgehead atoms. The Kier molecular flexibility index (Phi) is 3.83. The zero-order valence-corrected chi connectivity index (χ0v) is 9.01. The first-order valence-corrected chi connectivity index (χ1v) is 5.74. The van der Waals surface area contributed by atoms with Gasteiger partial charge in [-0.15, -0.1) is 0 Å². The molecular weight excluding hydrogens is 192 g/mol. The third-order valence-corrected chi connectivity index (χ3v) is 3.49. The Bertz CT molecular complexity index is 252. The summed E-state index contributed by atoms with van der Waals surface area (Å²) < 4.78 is 5.60. The summed E-state index contributed by atoms with van der Waals surface area (Å²) in [5.41, 5.74) is 8.25. The van der Waals surface area contributed by atoms with Crippen LogP contribution in [0.3, 0.4) is 0 Å². The van der Waals surface area contributed by atoms with Crippen LogP contribution in [0.4, 0.5) is 0 Å². The third-order valence-electron chi connectivity index (χ3n) is 3.49. The lowest BCUT2D eigenvalue weighted by Gasteiger charge is -2.29. The van der Waals surface area contributed by atoms with Crippen LogP contribution in [-0.2, 0) is 4.74 Å². The molecule has 1 heterocycles. The van der Waals surface area contributed by atoms with Crippen LogP contribution in [0.2, 0.25) is 0 Å². The minimum atomic E-state index is 0.583. The van der Waals surface area contributed by atoms with Crippen LogP contribution in [0.5, 0.6) is 0 Å². The minimum absolute atomic E-state index is 0.583. The summed E-state index contributed by atoms with van der Waals surface area (Å²) in [7, 11) is 0. The van der Waals surface area contributed by atoms with Gasteiger partial charge in [0, 0.05) is 30.6 Å². The maximum absolute atomic E-state index is 8.25. The van der Waals surface area contributed by atoms with E-state index in [0.29, 0.717) is 18.5 Å². The van der Waals surface area contributed by atoms with Crippen molar-refractivity contribution in [3.63, 3.8) is 0 Å². The van der Waals surface area contributed by atoms with Crippen molar-refractivity contribution in [2.24, 2.45) is 11.0 Å². The summed E-state index contributed by atoms with van der Waals surface area (Å²) in [6, 6.07) is 0.668. The van der Waals surface area contributed by atoms with E-state index >= 15 is 0 Å². The molecule has 15 heavy (non-hydrogen) atoms. The minimum Gasteiger partial charge on any atom is -0.380 e. The van der Waals surface area contributed by atoms with Crippen LogP contribution < -0.4 is 0 Å². The smallest absolute Gasteiger partial charge is 0.0593 e. The van der Waals surface area contributed by atoms with Gasteiger partial charge in [0.2, 0.25) is 0 Å². The van der Waals surface area contributed by atoms with Gasteiger partial charge >= 0.3 is 0 Å². The van der Waals surface area contributed by atoms with Gasteiger partial charge in [-0.3, -0.25) is 4.90 Å². The normalized spacial score (nSPS) is 31.7. The van der Waals surface area contributed by atoms with Gasteiger partial charge in [-0.25, -0.2) is 0 Å². The summed E-state index contributed by atoms with van der Waals surface area (Å²) in [5.74, 6) is 0.707. The second-order valence-electron chi connectivity index (χ2n) is 4.32. The molecule has 5 heteroatoms. The van der Waals surface area contributed by atoms with Crippen LogP contribution in [0.15, 0.2) is 5.11 Å². The van der Waals surface area contributed by atoms with Crippen LogP contribution in [0, 0.1) is 5.92 Å². The molecule has 0 aromatic heterocycles. The average molecular weight is 210 g/mol. The molecule has 0 amide bonds. The van der Waals surface area contributed by atoms with Gasteiger partial charge in [-0.1, -0.05) is 11.5 Å². The zero-order valence-electron chi connectivity index (χ0n) is 9.01. The van der Waals surface area contributed by atoms with E-state index in [0.717, 1.165) is 26.3 Å². The molecule has 2 aliphatic rings. The first-order valence-electron chi connectivity index (χ1n) is 5.74. The number of fused-ring (bicyclic) bond motifs is 1. The Hall–Kier alpha value is -0.770. The highest BCUT2D eigenvalue weighted by molar-refractivity contribution is 4.87. The monoisotopic (exact) mass is 210 g/mol. The van der Waals surface area contributed by atoms with E-state index in [1.165, 1.54) is 19.3 Å². The molecule has 0 spiro atoms. The van der Waals surface area contributed by atoms with Gasteiger partial charge in [0.05, 0.1) is 13.2 Å². The van der Waals surface area contributed by atoms with Gasteiger partial charge in [-0.2, -0.15) is 0 Å². The Morgan fingerprint density at radius 1 is 1.47 bits per heavy atom. The molecule has 0 unspecified atom stereocenters. The maximum atomic E-state index is 8.25. The molecule has 2 fully saturated rings. The van der Waals surface area contributed by atoms with Crippen molar-refractivity contribution < 1.29 is 4.74 Å². The molecule has 0 aromatic carbocycles. The zero-order chi connectivity index (χ0) is 10.5. The average Bonchev–Trinajstić information content (AvgIpc) is 2.63. The molecule has 1 aliphatic heterocycles. The lowest BCUT2D eigenvalue weighted by atomic mass is 10.0. The summed E-state index contributed by atoms with van der Waals surface area (Å²) in [4.78, 5) is 5.24. The Morgan fingerprint density at radius 3 is 3.27 bits per heavy atom. The van der Waals surface area contributed by atoms with Crippen LogP contribution in [-0.4, -0.2) is 43.8 Å². The molecular formula is C10H18N4O. The molecule has 0 radical (unpaired) electrons. The van der Waals surface area contributed by atoms with E-state index in [1.54, 1.807) is 0 Å². The van der Waals surface area contributed by atoms with Crippen LogP contribution >= 0.6 is 0 Å². The molecule has 84 valence electrons. The van der Waals surface area contributed by atoms with E-state index in [9.17, 15) is 0 Å². The predicted octanol–water partition coefficient (Wildman–Crippen LogP) is 1.80. The van der Waals surface area contributed by atoms with E-state index in [4.69, 9.17) is 10.3 Å². The molecule has 2 atom stereocenters. The van der Waals surface area contributed by atoms with Crippen molar-refractivity contribution in [2.75, 3.05) is 32.8 Å². The van der Waals surface area contributed by atoms with Crippen molar-refractivity contribution in [3.8, 4) is 0 Å². The Balaban J connectivity index is 1.91. The Labute approximate surface area is 90.0 Å². The lowest BCUT2D eigenvalue weighted by Crippen LogP contribution is -2.39. The van der Waals surface area contributed by atoms with Gasteiger partial charge < -0.3 is 4.74 Å². The van der Waals surface area contributed by atoms with Gasteiger partial charge in [-0.05, 0) is 24.3 Å². The molecule has 1 aliphatic carbocycles. The predicted molar refractivity (Wildman–Crippen MR) is 57.5 cm³/mol. The van der Waals surface area contributed by atoms with Gasteiger partial charge in [0.15, 0.2) is 0 Å². The van der Waals surface area contributed by atoms with E-state index in [-0.39, 0.29) is 0 Å². The highest BCUT2D eigenvalue weighted by Gasteiger charge is 2.33. The quantitative estimate of drug-likeness (QED) is 0.405. The first-order chi connectivity index (χ1) is 7.42. The standard InChI is InChI=1S/C10H18N4O/c11-13-12-4-5-14-6-7-15-8-9-2-1-3-10(9)14/h9-10H,1-8H2/t9-,10+/m1/s1. The molecule has 1 saturated heterocycles. The second kappa shape index (κ2) is 5.35. The number of rotatable bonds is 3. The molecule has 5 nitrogen and oxygen atoms in total. The number of hydrogen-bond acceptors (Lipinski definition) is 3. The largest absolute Gasteiger partial charge is 0.380 e. The third kappa shape index (κ3) is 2.62. The van der Waals surface area contributed by atoms with Crippen molar-refractivity contribution in [1.29, 1.82) is 0 Å². The van der Waals surface area contributed by atoms with E-state index in [2.05, 4.69) is 14.9 Å². The number of nitrogens with zero attached hydrogens (tertiary/aromatic N) is 4. The summed E-state index contributed by atoms with van der Waals surface area (Å²) in [6.07, 6.45) is 3.89. The lowest BCUT2D eigenvalue weighted by molar-refractivity contribution is 0.120.